The highest BCUT2D eigenvalue weighted by Gasteiger charge is 2.65. The van der Waals surface area contributed by atoms with Crippen molar-refractivity contribution in [1.29, 1.82) is 0 Å². The van der Waals surface area contributed by atoms with Gasteiger partial charge in [-0.1, -0.05) is 13.3 Å². The molecule has 0 bridgehead atoms. The minimum Gasteiger partial charge on any atom is -0.403 e. The van der Waals surface area contributed by atoms with E-state index in [4.69, 9.17) is 9.31 Å². The Balaban J connectivity index is 1.85. The van der Waals surface area contributed by atoms with Gasteiger partial charge in [-0.15, -0.1) is 0 Å². The average Bonchev–Trinajstić information content (AvgIpc) is 3.16. The van der Waals surface area contributed by atoms with E-state index in [1.807, 2.05) is 20.8 Å². The van der Waals surface area contributed by atoms with E-state index in [0.29, 0.717) is 12.3 Å². The minimum absolute atomic E-state index is 0.0369. The largest absolute Gasteiger partial charge is 0.457 e. The van der Waals surface area contributed by atoms with Crippen LogP contribution >= 0.6 is 30.3 Å². The highest BCUT2D eigenvalue weighted by atomic mass is 127. The number of hydrogen-bond acceptors (Lipinski definition) is 6. The van der Waals surface area contributed by atoms with Crippen molar-refractivity contribution in [3.05, 3.63) is 0 Å². The van der Waals surface area contributed by atoms with Gasteiger partial charge in [-0.05, 0) is 94.0 Å². The van der Waals surface area contributed by atoms with Crippen molar-refractivity contribution >= 4 is 49.3 Å². The second-order valence-electron chi connectivity index (χ2n) is 12.9. The summed E-state index contributed by atoms with van der Waals surface area (Å²) in [5.41, 5.74) is -2.01. The quantitative estimate of drug-likeness (QED) is 0.250. The van der Waals surface area contributed by atoms with E-state index >= 15 is 0 Å². The number of hydrogen-bond donors (Lipinski definition) is 2. The molecule has 0 aromatic rings. The van der Waals surface area contributed by atoms with Crippen molar-refractivity contribution < 1.29 is 18.9 Å². The summed E-state index contributed by atoms with van der Waals surface area (Å²) in [7, 11) is 1.49. The smallest absolute Gasteiger partial charge is 0.403 e. The highest BCUT2D eigenvalue weighted by Crippen LogP contribution is 2.59. The third kappa shape index (κ3) is 5.60. The Labute approximate surface area is 222 Å². The summed E-state index contributed by atoms with van der Waals surface area (Å²) >= 11 is 2.34. The van der Waals surface area contributed by atoms with Gasteiger partial charge in [-0.25, -0.2) is 4.31 Å². The Morgan fingerprint density at radius 3 is 2.24 bits per heavy atom. The summed E-state index contributed by atoms with van der Waals surface area (Å²) in [6.07, 6.45) is 3.13. The van der Waals surface area contributed by atoms with Gasteiger partial charge >= 0.3 is 7.12 Å². The maximum atomic E-state index is 13.8. The molecule has 2 N–H and O–H groups in total. The molecule has 1 saturated carbocycles. The van der Waals surface area contributed by atoms with Crippen LogP contribution in [0.5, 0.6) is 0 Å². The number of halogens is 1. The maximum Gasteiger partial charge on any atom is 0.457 e. The van der Waals surface area contributed by atoms with E-state index < -0.39 is 5.54 Å². The van der Waals surface area contributed by atoms with E-state index in [1.165, 1.54) is 6.92 Å². The molecule has 194 valence electrons. The van der Waals surface area contributed by atoms with E-state index in [2.05, 4.69) is 70.8 Å². The number of fused-ring (bicyclic) bond motifs is 1. The Hall–Kier alpha value is -0.0351. The molecule has 4 atom stereocenters. The second-order valence-corrected chi connectivity index (χ2v) is 14.7. The van der Waals surface area contributed by atoms with Crippen molar-refractivity contribution in [3.8, 4) is 0 Å². The van der Waals surface area contributed by atoms with Crippen molar-refractivity contribution in [1.82, 2.24) is 14.9 Å². The highest BCUT2D eigenvalue weighted by molar-refractivity contribution is 14.2. The van der Waals surface area contributed by atoms with E-state index in [-0.39, 0.29) is 47.0 Å². The van der Waals surface area contributed by atoms with Crippen LogP contribution < -0.4 is 10.6 Å². The van der Waals surface area contributed by atoms with Gasteiger partial charge in [0.05, 0.1) is 11.2 Å². The zero-order valence-corrected chi connectivity index (χ0v) is 25.3. The van der Waals surface area contributed by atoms with E-state index in [0.717, 1.165) is 32.3 Å². The summed E-state index contributed by atoms with van der Waals surface area (Å²) in [4.78, 5) is 26.3. The van der Waals surface area contributed by atoms with Crippen LogP contribution in [0.15, 0.2) is 0 Å². The normalized spacial score (nSPS) is 34.8. The summed E-state index contributed by atoms with van der Waals surface area (Å²) in [5.74, 6) is 0.161. The van der Waals surface area contributed by atoms with Crippen molar-refractivity contribution in [2.24, 2.45) is 17.3 Å². The third-order valence-corrected chi connectivity index (χ3v) is 10.4. The molecule has 2 heterocycles. The summed E-state index contributed by atoms with van der Waals surface area (Å²) in [5, 5.41) is 6.38. The van der Waals surface area contributed by atoms with Gasteiger partial charge < -0.3 is 19.9 Å². The Bertz CT molecular complexity index is 792. The molecular formula is C24H43BIN3O4S. The first-order valence-electron chi connectivity index (χ1n) is 12.5. The lowest BCUT2D eigenvalue weighted by Crippen LogP contribution is -2.64. The SMILES string of the molecule is CC(=O)NC1(C(=O)NC(C)(C)C)C[C@@]2(C)CN(SI)C[C@H]2C1CCCB1OC(C)(C)C(C)(C)O1. The molecule has 2 aliphatic heterocycles. The summed E-state index contributed by atoms with van der Waals surface area (Å²) < 4.78 is 14.8. The van der Waals surface area contributed by atoms with Crippen molar-refractivity contribution in [2.75, 3.05) is 13.1 Å². The molecule has 3 fully saturated rings. The molecule has 0 aromatic heterocycles. The molecule has 7 nitrogen and oxygen atoms in total. The first kappa shape index (κ1) is 28.5. The predicted molar refractivity (Wildman–Crippen MR) is 147 cm³/mol. The van der Waals surface area contributed by atoms with Crippen LogP contribution in [0.3, 0.4) is 0 Å². The van der Waals surface area contributed by atoms with Crippen molar-refractivity contribution in [3.63, 3.8) is 0 Å². The average molecular weight is 607 g/mol. The van der Waals surface area contributed by atoms with Gasteiger partial charge in [0.25, 0.3) is 0 Å². The lowest BCUT2D eigenvalue weighted by atomic mass is 9.74. The molecule has 2 saturated heterocycles. The molecular weight excluding hydrogens is 564 g/mol. The van der Waals surface area contributed by atoms with Crippen LogP contribution in [0.1, 0.15) is 81.6 Å². The van der Waals surface area contributed by atoms with Gasteiger partial charge in [0, 0.05) is 46.8 Å². The molecule has 2 unspecified atom stereocenters. The van der Waals surface area contributed by atoms with Gasteiger partial charge in [0.1, 0.15) is 5.54 Å². The van der Waals surface area contributed by atoms with Crippen LogP contribution in [0.25, 0.3) is 0 Å². The van der Waals surface area contributed by atoms with Crippen LogP contribution in [-0.2, 0) is 18.9 Å². The minimum atomic E-state index is -0.906. The molecule has 1 aliphatic carbocycles. The third-order valence-electron chi connectivity index (χ3n) is 8.28. The molecule has 2 amide bonds. The monoisotopic (exact) mass is 607 g/mol. The molecule has 0 spiro atoms. The first-order chi connectivity index (χ1) is 15.4. The molecule has 3 aliphatic rings. The van der Waals surface area contributed by atoms with Gasteiger partial charge in [-0.2, -0.15) is 0 Å². The standard InChI is InChI=1S/C24H43BIN3O4S/c1-16(30)27-24(19(31)28-20(2,3)4)14-23(9)15-29(34-26)13-18(23)17(24)11-10-12-25-32-21(5,6)22(7,8)33-25/h17-18H,10-15H2,1-9H3,(H,27,30)(H,28,31)/t17?,18-,23-,24?/m0/s1. The fourth-order valence-electron chi connectivity index (χ4n) is 6.23. The maximum absolute atomic E-state index is 13.8. The lowest BCUT2D eigenvalue weighted by Gasteiger charge is -2.39. The fourth-order valence-corrected chi connectivity index (χ4v) is 7.69. The molecule has 3 rings (SSSR count). The molecule has 10 heteroatoms. The number of rotatable bonds is 7. The van der Waals surface area contributed by atoms with E-state index in [1.54, 1.807) is 9.12 Å². The zero-order chi connectivity index (χ0) is 25.7. The predicted octanol–water partition coefficient (Wildman–Crippen LogP) is 4.60. The Morgan fingerprint density at radius 2 is 1.74 bits per heavy atom. The lowest BCUT2D eigenvalue weighted by molar-refractivity contribution is -0.136. The van der Waals surface area contributed by atoms with Gasteiger partial charge in [-0.3, -0.25) is 9.59 Å². The molecule has 0 radical (unpaired) electrons. The van der Waals surface area contributed by atoms with Crippen molar-refractivity contribution in [2.45, 2.75) is 110 Å². The second kappa shape index (κ2) is 9.69. The summed E-state index contributed by atoms with van der Waals surface area (Å²) in [6, 6.07) is 0. The van der Waals surface area contributed by atoms with Gasteiger partial charge in [0.15, 0.2) is 0 Å². The topological polar surface area (TPSA) is 79.9 Å². The van der Waals surface area contributed by atoms with E-state index in [9.17, 15) is 9.59 Å². The zero-order valence-electron chi connectivity index (χ0n) is 22.3. The number of amides is 2. The summed E-state index contributed by atoms with van der Waals surface area (Å²) in [6.45, 7) is 19.9. The number of carbonyl (C=O) groups excluding carboxylic acids is 2. The number of carbonyl (C=O) groups is 2. The Morgan fingerprint density at radius 1 is 1.15 bits per heavy atom. The Kier molecular flexibility index (Phi) is 8.13. The molecule has 34 heavy (non-hydrogen) atoms. The van der Waals surface area contributed by atoms with Crippen LogP contribution in [0, 0.1) is 17.3 Å². The number of nitrogens with zero attached hydrogens (tertiary/aromatic N) is 1. The molecule has 0 aromatic carbocycles. The first-order valence-corrected chi connectivity index (χ1v) is 15.8. The number of nitrogens with one attached hydrogen (secondary N) is 2. The van der Waals surface area contributed by atoms with Gasteiger partial charge in [0.2, 0.25) is 11.8 Å². The fraction of sp³-hybridized carbons (Fsp3) is 0.917. The van der Waals surface area contributed by atoms with Crippen LogP contribution in [0.4, 0.5) is 0 Å². The van der Waals surface area contributed by atoms with Crippen LogP contribution in [0.2, 0.25) is 6.32 Å². The van der Waals surface area contributed by atoms with Crippen LogP contribution in [-0.4, -0.2) is 58.6 Å².